The Morgan fingerprint density at radius 3 is 2.55 bits per heavy atom. The lowest BCUT2D eigenvalue weighted by Crippen LogP contribution is -2.30. The lowest BCUT2D eigenvalue weighted by molar-refractivity contribution is 0.0962. The van der Waals surface area contributed by atoms with E-state index in [0.717, 1.165) is 52.1 Å². The van der Waals surface area contributed by atoms with Gasteiger partial charge < -0.3 is 5.32 Å². The predicted octanol–water partition coefficient (Wildman–Crippen LogP) is 4.80. The van der Waals surface area contributed by atoms with Crippen molar-refractivity contribution in [3.63, 3.8) is 0 Å². The first-order valence-electron chi connectivity index (χ1n) is 13.3. The maximum Gasteiger partial charge on any atom is 0.257 e. The average Bonchev–Trinajstić information content (AvgIpc) is 3.69. The molecule has 0 aliphatic rings. The van der Waals surface area contributed by atoms with Crippen molar-refractivity contribution >= 4 is 17.2 Å². The molecule has 0 bridgehead atoms. The quantitative estimate of drug-likeness (QED) is 0.256. The highest BCUT2D eigenvalue weighted by Gasteiger charge is 2.19. The molecule has 0 spiro atoms. The zero-order valence-electron chi connectivity index (χ0n) is 22.8. The number of amides is 1. The molecule has 3 heterocycles. The van der Waals surface area contributed by atoms with Gasteiger partial charge in [-0.15, -0.1) is 21.5 Å². The van der Waals surface area contributed by atoms with Gasteiger partial charge >= 0.3 is 0 Å². The van der Waals surface area contributed by atoms with Crippen LogP contribution in [0.2, 0.25) is 0 Å². The third-order valence-corrected chi connectivity index (χ3v) is 7.89. The Bertz CT molecular complexity index is 1670. The Hall–Kier alpha value is -4.44. The third kappa shape index (κ3) is 5.62. The maximum atomic E-state index is 13.9. The summed E-state index contributed by atoms with van der Waals surface area (Å²) in [5.74, 6) is 1.04. The van der Waals surface area contributed by atoms with E-state index in [1.165, 1.54) is 11.3 Å². The second kappa shape index (κ2) is 12.2. The van der Waals surface area contributed by atoms with E-state index in [1.54, 1.807) is 17.7 Å². The summed E-state index contributed by atoms with van der Waals surface area (Å²) in [5.41, 5.74) is 6.03. The minimum atomic E-state index is -0.157. The molecule has 5 rings (SSSR count). The number of hydrogen-bond acceptors (Lipinski definition) is 7. The van der Waals surface area contributed by atoms with Gasteiger partial charge in [0.05, 0.1) is 17.8 Å². The fourth-order valence-electron chi connectivity index (χ4n) is 4.83. The van der Waals surface area contributed by atoms with Crippen LogP contribution in [-0.2, 0) is 19.4 Å². The molecule has 204 valence electrons. The normalized spacial score (nSPS) is 11.1. The van der Waals surface area contributed by atoms with E-state index in [1.807, 2.05) is 36.6 Å². The van der Waals surface area contributed by atoms with Crippen LogP contribution in [0.3, 0.4) is 0 Å². The molecule has 0 radical (unpaired) electrons. The summed E-state index contributed by atoms with van der Waals surface area (Å²) in [4.78, 5) is 32.0. The number of carbonyl (C=O) groups excluding carboxylic acids is 1. The summed E-state index contributed by atoms with van der Waals surface area (Å²) in [5, 5.41) is 19.0. The van der Waals surface area contributed by atoms with E-state index in [-0.39, 0.29) is 11.5 Å². The van der Waals surface area contributed by atoms with Gasteiger partial charge in [-0.25, -0.2) is 4.98 Å². The van der Waals surface area contributed by atoms with Crippen LogP contribution in [0.25, 0.3) is 22.5 Å². The molecule has 9 nitrogen and oxygen atoms in total. The zero-order chi connectivity index (χ0) is 28.1. The van der Waals surface area contributed by atoms with Crippen LogP contribution in [-0.4, -0.2) is 43.1 Å². The SMILES string of the molecule is CCCCc1nc(C)n(Cc2sccc2C(=O)NC)c(=O)c1Cc1ccc(-c2ccccc2-c2nn[nH]n2)cc1. The molecule has 0 saturated carbocycles. The first-order valence-corrected chi connectivity index (χ1v) is 14.2. The summed E-state index contributed by atoms with van der Waals surface area (Å²) in [7, 11) is 1.61. The number of nitrogens with one attached hydrogen (secondary N) is 2. The molecule has 10 heteroatoms. The monoisotopic (exact) mass is 553 g/mol. The van der Waals surface area contributed by atoms with Crippen molar-refractivity contribution in [3.05, 3.63) is 103 Å². The third-order valence-electron chi connectivity index (χ3n) is 6.98. The first kappa shape index (κ1) is 27.1. The van der Waals surface area contributed by atoms with Crippen LogP contribution in [0.15, 0.2) is 64.8 Å². The number of tetrazole rings is 1. The number of carbonyl (C=O) groups is 1. The van der Waals surface area contributed by atoms with Crippen molar-refractivity contribution in [2.24, 2.45) is 0 Å². The summed E-state index contributed by atoms with van der Waals surface area (Å²) in [6.45, 7) is 4.31. The lowest BCUT2D eigenvalue weighted by Gasteiger charge is -2.16. The minimum absolute atomic E-state index is 0.0543. The Kier molecular flexibility index (Phi) is 8.26. The Morgan fingerprint density at radius 2 is 1.85 bits per heavy atom. The molecule has 0 fully saturated rings. The van der Waals surface area contributed by atoms with E-state index >= 15 is 0 Å². The molecular formula is C30H31N7O2S. The van der Waals surface area contributed by atoms with Crippen LogP contribution in [0.4, 0.5) is 0 Å². The molecule has 0 unspecified atom stereocenters. The van der Waals surface area contributed by atoms with E-state index in [4.69, 9.17) is 4.98 Å². The van der Waals surface area contributed by atoms with Crippen LogP contribution < -0.4 is 10.9 Å². The van der Waals surface area contributed by atoms with Gasteiger partial charge in [0.2, 0.25) is 5.82 Å². The number of H-pyrrole nitrogens is 1. The second-order valence-corrected chi connectivity index (χ2v) is 10.6. The fraction of sp³-hybridized carbons (Fsp3) is 0.267. The molecule has 40 heavy (non-hydrogen) atoms. The fourth-order valence-corrected chi connectivity index (χ4v) is 5.69. The molecule has 0 aliphatic carbocycles. The molecule has 0 saturated heterocycles. The summed E-state index contributed by atoms with van der Waals surface area (Å²) in [6.07, 6.45) is 3.20. The lowest BCUT2D eigenvalue weighted by atomic mass is 9.96. The Labute approximate surface area is 236 Å². The van der Waals surface area contributed by atoms with Crippen molar-refractivity contribution in [1.82, 2.24) is 35.5 Å². The van der Waals surface area contributed by atoms with Gasteiger partial charge in [0.1, 0.15) is 5.82 Å². The number of rotatable bonds is 10. The number of thiophene rings is 1. The highest BCUT2D eigenvalue weighted by molar-refractivity contribution is 7.10. The number of aryl methyl sites for hydroxylation is 2. The van der Waals surface area contributed by atoms with Gasteiger partial charge in [-0.05, 0) is 53.1 Å². The van der Waals surface area contributed by atoms with Crippen LogP contribution >= 0.6 is 11.3 Å². The van der Waals surface area contributed by atoms with E-state index in [0.29, 0.717) is 35.7 Å². The van der Waals surface area contributed by atoms with Crippen molar-refractivity contribution in [2.75, 3.05) is 7.05 Å². The smallest absolute Gasteiger partial charge is 0.257 e. The number of benzene rings is 2. The number of aromatic amines is 1. The number of unbranched alkanes of at least 4 members (excludes halogenated alkanes) is 1. The van der Waals surface area contributed by atoms with Crippen LogP contribution in [0.5, 0.6) is 0 Å². The van der Waals surface area contributed by atoms with Gasteiger partial charge in [0.15, 0.2) is 0 Å². The van der Waals surface area contributed by atoms with E-state index in [2.05, 4.69) is 57.1 Å². The number of hydrogen-bond donors (Lipinski definition) is 2. The topological polar surface area (TPSA) is 118 Å². The number of aromatic nitrogens is 6. The van der Waals surface area contributed by atoms with E-state index < -0.39 is 0 Å². The molecular weight excluding hydrogens is 522 g/mol. The standard InChI is InChI=1S/C30H31N7O2S/c1-4-5-10-26-25(30(39)37(19(2)32-26)18-27-24(15-16-40-27)29(38)31-3)17-20-11-13-21(14-12-20)22-8-6-7-9-23(22)28-33-35-36-34-28/h6-9,11-16H,4-5,10,17-18H2,1-3H3,(H,31,38)(H,33,34,35,36). The van der Waals surface area contributed by atoms with Crippen LogP contribution in [0, 0.1) is 6.92 Å². The molecule has 3 aromatic heterocycles. The van der Waals surface area contributed by atoms with Crippen molar-refractivity contribution in [1.29, 1.82) is 0 Å². The van der Waals surface area contributed by atoms with Crippen molar-refractivity contribution in [3.8, 4) is 22.5 Å². The summed E-state index contributed by atoms with van der Waals surface area (Å²) >= 11 is 1.47. The molecule has 2 N–H and O–H groups in total. The zero-order valence-corrected chi connectivity index (χ0v) is 23.6. The van der Waals surface area contributed by atoms with Gasteiger partial charge in [0.25, 0.3) is 11.5 Å². The van der Waals surface area contributed by atoms with Crippen LogP contribution in [0.1, 0.15) is 57.6 Å². The van der Waals surface area contributed by atoms with E-state index in [9.17, 15) is 9.59 Å². The minimum Gasteiger partial charge on any atom is -0.355 e. The van der Waals surface area contributed by atoms with Gasteiger partial charge in [-0.3, -0.25) is 14.2 Å². The maximum absolute atomic E-state index is 13.9. The highest BCUT2D eigenvalue weighted by atomic mass is 32.1. The summed E-state index contributed by atoms with van der Waals surface area (Å²) in [6, 6.07) is 17.9. The first-order chi connectivity index (χ1) is 19.5. The van der Waals surface area contributed by atoms with Gasteiger partial charge in [-0.1, -0.05) is 61.9 Å². The number of nitrogens with zero attached hydrogens (tertiary/aromatic N) is 5. The summed E-state index contributed by atoms with van der Waals surface area (Å²) < 4.78 is 1.69. The second-order valence-electron chi connectivity index (χ2n) is 9.57. The molecule has 0 atom stereocenters. The van der Waals surface area contributed by atoms with Crippen molar-refractivity contribution < 1.29 is 4.79 Å². The predicted molar refractivity (Wildman–Crippen MR) is 157 cm³/mol. The molecule has 0 aliphatic heterocycles. The van der Waals surface area contributed by atoms with Gasteiger partial charge in [-0.2, -0.15) is 5.21 Å². The molecule has 1 amide bonds. The van der Waals surface area contributed by atoms with Crippen molar-refractivity contribution in [2.45, 2.75) is 46.1 Å². The Balaban J connectivity index is 1.48. The average molecular weight is 554 g/mol. The molecule has 5 aromatic rings. The Morgan fingerprint density at radius 1 is 1.07 bits per heavy atom. The molecule has 2 aromatic carbocycles. The van der Waals surface area contributed by atoms with Gasteiger partial charge in [0, 0.05) is 29.5 Å². The highest BCUT2D eigenvalue weighted by Crippen LogP contribution is 2.30. The largest absolute Gasteiger partial charge is 0.355 e.